The van der Waals surface area contributed by atoms with E-state index >= 15 is 0 Å². The Hall–Kier alpha value is -1.33. The van der Waals surface area contributed by atoms with Crippen LogP contribution in [-0.4, -0.2) is 43.4 Å². The zero-order valence-corrected chi connectivity index (χ0v) is 10.8. The second kappa shape index (κ2) is 6.73. The predicted molar refractivity (Wildman–Crippen MR) is 69.0 cm³/mol. The second-order valence-corrected chi connectivity index (χ2v) is 4.87. The molecule has 5 heteroatoms. The molecule has 0 radical (unpaired) electrons. The average Bonchev–Trinajstić information content (AvgIpc) is 2.55. The van der Waals surface area contributed by atoms with Gasteiger partial charge in [0.05, 0.1) is 6.54 Å². The molecule has 2 rings (SSSR count). The van der Waals surface area contributed by atoms with Crippen molar-refractivity contribution < 1.29 is 13.6 Å². The maximum Gasteiger partial charge on any atom is 0.151 e. The van der Waals surface area contributed by atoms with Gasteiger partial charge < -0.3 is 5.32 Å². The van der Waals surface area contributed by atoms with E-state index in [-0.39, 0.29) is 12.2 Å². The number of halogens is 2. The molecule has 1 saturated heterocycles. The number of hydrogen-bond acceptors (Lipinski definition) is 3. The van der Waals surface area contributed by atoms with Crippen LogP contribution in [0.15, 0.2) is 18.2 Å². The second-order valence-electron chi connectivity index (χ2n) is 4.87. The maximum absolute atomic E-state index is 13.0. The van der Waals surface area contributed by atoms with Crippen LogP contribution in [0.2, 0.25) is 0 Å². The first-order valence-corrected chi connectivity index (χ1v) is 6.53. The highest BCUT2D eigenvalue weighted by Gasteiger charge is 2.13. The topological polar surface area (TPSA) is 32.3 Å². The molecule has 0 aromatic heterocycles. The number of rotatable bonds is 4. The number of carbonyl (C=O) groups excluding carboxylic acids is 1. The van der Waals surface area contributed by atoms with Crippen molar-refractivity contribution in [2.24, 2.45) is 0 Å². The van der Waals surface area contributed by atoms with E-state index in [4.69, 9.17) is 0 Å². The number of benzene rings is 1. The summed E-state index contributed by atoms with van der Waals surface area (Å²) in [5.41, 5.74) is 0.399. The van der Waals surface area contributed by atoms with Crippen LogP contribution in [0.25, 0.3) is 0 Å². The number of nitrogens with one attached hydrogen (secondary N) is 1. The Morgan fingerprint density at radius 1 is 1.16 bits per heavy atom. The molecule has 0 unspecified atom stereocenters. The third-order valence-corrected chi connectivity index (χ3v) is 3.16. The Kier molecular flexibility index (Phi) is 4.99. The highest BCUT2D eigenvalue weighted by Crippen LogP contribution is 2.09. The lowest BCUT2D eigenvalue weighted by Crippen LogP contribution is -2.33. The van der Waals surface area contributed by atoms with Gasteiger partial charge in [0.2, 0.25) is 0 Å². The van der Waals surface area contributed by atoms with E-state index in [1.54, 1.807) is 0 Å². The molecule has 0 amide bonds. The van der Waals surface area contributed by atoms with Crippen molar-refractivity contribution in [3.8, 4) is 0 Å². The molecule has 1 fully saturated rings. The van der Waals surface area contributed by atoms with Gasteiger partial charge in [0, 0.05) is 25.6 Å². The van der Waals surface area contributed by atoms with Crippen LogP contribution in [-0.2, 0) is 11.2 Å². The summed E-state index contributed by atoms with van der Waals surface area (Å²) < 4.78 is 26.0. The Balaban J connectivity index is 1.89. The predicted octanol–water partition coefficient (Wildman–Crippen LogP) is 1.37. The molecule has 1 aliphatic rings. The molecule has 1 aliphatic heterocycles. The standard InChI is InChI=1S/C14H18F2N2O/c15-12-6-11(7-13(16)9-12)8-14(19)10-18-4-1-2-17-3-5-18/h6-7,9,17H,1-5,8,10H2. The van der Waals surface area contributed by atoms with Crippen molar-refractivity contribution in [3.05, 3.63) is 35.4 Å². The van der Waals surface area contributed by atoms with Gasteiger partial charge >= 0.3 is 0 Å². The first kappa shape index (κ1) is 14.1. The summed E-state index contributed by atoms with van der Waals surface area (Å²) in [6.45, 7) is 3.92. The lowest BCUT2D eigenvalue weighted by Gasteiger charge is -2.18. The van der Waals surface area contributed by atoms with Crippen LogP contribution in [0.4, 0.5) is 8.78 Å². The molecule has 0 aliphatic carbocycles. The molecule has 0 bridgehead atoms. The van der Waals surface area contributed by atoms with Crippen LogP contribution < -0.4 is 5.32 Å². The highest BCUT2D eigenvalue weighted by molar-refractivity contribution is 5.82. The lowest BCUT2D eigenvalue weighted by molar-refractivity contribution is -0.119. The van der Waals surface area contributed by atoms with E-state index in [9.17, 15) is 13.6 Å². The molecule has 1 aromatic carbocycles. The summed E-state index contributed by atoms with van der Waals surface area (Å²) in [7, 11) is 0. The molecule has 1 heterocycles. The molecule has 0 saturated carbocycles. The molecular formula is C14H18F2N2O. The molecule has 1 N–H and O–H groups in total. The quantitative estimate of drug-likeness (QED) is 0.895. The van der Waals surface area contributed by atoms with E-state index in [0.29, 0.717) is 12.1 Å². The zero-order valence-electron chi connectivity index (χ0n) is 10.8. The van der Waals surface area contributed by atoms with Gasteiger partial charge in [-0.1, -0.05) is 0 Å². The number of Topliss-reactive ketones (excluding diaryl/α,β-unsaturated/α-hetero) is 1. The van der Waals surface area contributed by atoms with Gasteiger partial charge in [-0.15, -0.1) is 0 Å². The molecule has 19 heavy (non-hydrogen) atoms. The van der Waals surface area contributed by atoms with E-state index in [2.05, 4.69) is 10.2 Å². The smallest absolute Gasteiger partial charge is 0.151 e. The Morgan fingerprint density at radius 2 is 1.89 bits per heavy atom. The molecule has 1 aromatic rings. The van der Waals surface area contributed by atoms with E-state index in [1.807, 2.05) is 0 Å². The fourth-order valence-corrected chi connectivity index (χ4v) is 2.31. The summed E-state index contributed by atoms with van der Waals surface area (Å²) >= 11 is 0. The van der Waals surface area contributed by atoms with Gasteiger partial charge in [0.1, 0.15) is 11.6 Å². The minimum Gasteiger partial charge on any atom is -0.315 e. The third-order valence-electron chi connectivity index (χ3n) is 3.16. The Labute approximate surface area is 111 Å². The van der Waals surface area contributed by atoms with E-state index < -0.39 is 11.6 Å². The summed E-state index contributed by atoms with van der Waals surface area (Å²) in [5, 5.41) is 3.26. The Bertz CT molecular complexity index is 423. The molecule has 0 spiro atoms. The van der Waals surface area contributed by atoms with Crippen LogP contribution >= 0.6 is 0 Å². The van der Waals surface area contributed by atoms with Gasteiger partial charge in [-0.3, -0.25) is 9.69 Å². The highest BCUT2D eigenvalue weighted by atomic mass is 19.1. The van der Waals surface area contributed by atoms with Gasteiger partial charge in [0.25, 0.3) is 0 Å². The summed E-state index contributed by atoms with van der Waals surface area (Å²) in [4.78, 5) is 14.0. The number of ketones is 1. The van der Waals surface area contributed by atoms with Gasteiger partial charge in [-0.05, 0) is 37.2 Å². The summed E-state index contributed by atoms with van der Waals surface area (Å²) in [6.07, 6.45) is 1.10. The van der Waals surface area contributed by atoms with Gasteiger partial charge in [-0.2, -0.15) is 0 Å². The molecule has 0 atom stereocenters. The monoisotopic (exact) mass is 268 g/mol. The van der Waals surface area contributed by atoms with E-state index in [1.165, 1.54) is 12.1 Å². The van der Waals surface area contributed by atoms with Crippen molar-refractivity contribution in [1.82, 2.24) is 10.2 Å². The number of nitrogens with zero attached hydrogens (tertiary/aromatic N) is 1. The van der Waals surface area contributed by atoms with Crippen molar-refractivity contribution in [3.63, 3.8) is 0 Å². The summed E-state index contributed by atoms with van der Waals surface area (Å²) in [6, 6.07) is 3.24. The van der Waals surface area contributed by atoms with Crippen LogP contribution in [0.1, 0.15) is 12.0 Å². The van der Waals surface area contributed by atoms with Crippen molar-refractivity contribution in [2.45, 2.75) is 12.8 Å². The third kappa shape index (κ3) is 4.69. The fraction of sp³-hybridized carbons (Fsp3) is 0.500. The van der Waals surface area contributed by atoms with E-state index in [0.717, 1.165) is 38.7 Å². The van der Waals surface area contributed by atoms with Crippen LogP contribution in [0.3, 0.4) is 0 Å². The average molecular weight is 268 g/mol. The fourth-order valence-electron chi connectivity index (χ4n) is 2.31. The molecule has 104 valence electrons. The normalized spacial score (nSPS) is 17.2. The number of hydrogen-bond donors (Lipinski definition) is 1. The SMILES string of the molecule is O=C(Cc1cc(F)cc(F)c1)CN1CCCNCC1. The minimum absolute atomic E-state index is 0.00750. The number of carbonyl (C=O) groups is 1. The van der Waals surface area contributed by atoms with Crippen molar-refractivity contribution in [2.75, 3.05) is 32.7 Å². The van der Waals surface area contributed by atoms with Crippen molar-refractivity contribution >= 4 is 5.78 Å². The van der Waals surface area contributed by atoms with Crippen LogP contribution in [0.5, 0.6) is 0 Å². The maximum atomic E-state index is 13.0. The van der Waals surface area contributed by atoms with Crippen LogP contribution in [0, 0.1) is 11.6 Å². The minimum atomic E-state index is -0.637. The van der Waals surface area contributed by atoms with Crippen molar-refractivity contribution in [1.29, 1.82) is 0 Å². The Morgan fingerprint density at radius 3 is 2.63 bits per heavy atom. The van der Waals surface area contributed by atoms with Gasteiger partial charge in [0.15, 0.2) is 5.78 Å². The summed E-state index contributed by atoms with van der Waals surface area (Å²) in [5.74, 6) is -1.28. The molecule has 3 nitrogen and oxygen atoms in total. The first-order valence-electron chi connectivity index (χ1n) is 6.53. The lowest BCUT2D eigenvalue weighted by atomic mass is 10.1. The zero-order chi connectivity index (χ0) is 13.7. The largest absolute Gasteiger partial charge is 0.315 e. The molecular weight excluding hydrogens is 250 g/mol. The van der Waals surface area contributed by atoms with Gasteiger partial charge in [-0.25, -0.2) is 8.78 Å². The first-order chi connectivity index (χ1) is 9.13.